The molecular weight excluding hydrogens is 550 g/mol. The van der Waals surface area contributed by atoms with Crippen LogP contribution < -0.4 is 10.6 Å². The highest BCUT2D eigenvalue weighted by atomic mass is 35.5. The predicted octanol–water partition coefficient (Wildman–Crippen LogP) is 5.13. The Morgan fingerprint density at radius 3 is 2.33 bits per heavy atom. The molecule has 2 saturated heterocycles. The molecule has 2 N–H and O–H groups in total. The Hall–Kier alpha value is -2.62. The second kappa shape index (κ2) is 12.9. The average Bonchev–Trinajstić information content (AvgIpc) is 2.91. The number of nitrogens with one attached hydrogen (secondary N) is 2. The number of halogens is 1. The molecule has 0 aromatic heterocycles. The minimum Gasteiger partial charge on any atom is -0.444 e. The van der Waals surface area contributed by atoms with E-state index >= 15 is 0 Å². The number of benzene rings is 2. The molecule has 2 aromatic carbocycles. The first kappa shape index (κ1) is 30.3. The molecule has 0 aliphatic carbocycles. The fourth-order valence-electron chi connectivity index (χ4n) is 5.53. The molecule has 0 radical (unpaired) electrons. The summed E-state index contributed by atoms with van der Waals surface area (Å²) in [6.07, 6.45) is 2.29. The molecule has 0 saturated carbocycles. The van der Waals surface area contributed by atoms with Gasteiger partial charge in [0.2, 0.25) is 0 Å². The summed E-state index contributed by atoms with van der Waals surface area (Å²) in [7, 11) is -3.71. The van der Waals surface area contributed by atoms with Gasteiger partial charge in [-0.25, -0.2) is 13.2 Å². The standard InChI is InChI=1S/C30H40ClN3O5S/c1-30(2,3)39-29(36)34-17-13-22(14-18-34)25-10-9-24(31)19-26(25)27(35)33-28(23-11-15-32-16-12-23)40(37,38)20-21-7-5-4-6-8-21/h4-10,19,22-23,28,32H,11-18,20H2,1-3H3,(H,33,35). The lowest BCUT2D eigenvalue weighted by Gasteiger charge is -2.34. The molecule has 1 atom stereocenters. The SMILES string of the molecule is CC(C)(C)OC(=O)N1CCC(c2ccc(Cl)cc2C(=O)NC(C2CCNCC2)S(=O)(=O)Cc2ccccc2)CC1. The number of ether oxygens (including phenoxy) is 1. The molecule has 40 heavy (non-hydrogen) atoms. The van der Waals surface area contributed by atoms with E-state index in [0.29, 0.717) is 68.0 Å². The Kier molecular flexibility index (Phi) is 9.80. The maximum Gasteiger partial charge on any atom is 0.410 e. The number of piperidine rings is 2. The molecule has 2 aromatic rings. The van der Waals surface area contributed by atoms with Gasteiger partial charge in [0.1, 0.15) is 11.0 Å². The normalized spacial score (nSPS) is 18.2. The van der Waals surface area contributed by atoms with Crippen molar-refractivity contribution in [1.29, 1.82) is 0 Å². The number of hydrogen-bond donors (Lipinski definition) is 2. The van der Waals surface area contributed by atoms with Crippen molar-refractivity contribution in [3.8, 4) is 0 Å². The minimum atomic E-state index is -3.71. The Labute approximate surface area is 242 Å². The Bertz CT molecular complexity index is 1280. The molecule has 218 valence electrons. The van der Waals surface area contributed by atoms with Crippen LogP contribution in [0.4, 0.5) is 4.79 Å². The van der Waals surface area contributed by atoms with Gasteiger partial charge in [0, 0.05) is 23.7 Å². The fourth-order valence-corrected chi connectivity index (χ4v) is 7.69. The van der Waals surface area contributed by atoms with Crippen LogP contribution in [-0.2, 0) is 20.3 Å². The van der Waals surface area contributed by atoms with Gasteiger partial charge in [-0.2, -0.15) is 0 Å². The van der Waals surface area contributed by atoms with E-state index in [1.807, 2.05) is 45.0 Å². The molecule has 2 aliphatic rings. The van der Waals surface area contributed by atoms with Gasteiger partial charge in [0.15, 0.2) is 9.84 Å². The van der Waals surface area contributed by atoms with E-state index in [9.17, 15) is 18.0 Å². The summed E-state index contributed by atoms with van der Waals surface area (Å²) in [5, 5.41) is 5.60. The smallest absolute Gasteiger partial charge is 0.410 e. The predicted molar refractivity (Wildman–Crippen MR) is 157 cm³/mol. The molecule has 0 bridgehead atoms. The number of carbonyl (C=O) groups is 2. The molecule has 2 heterocycles. The molecule has 10 heteroatoms. The molecule has 4 rings (SSSR count). The number of nitrogens with zero attached hydrogens (tertiary/aromatic N) is 1. The van der Waals surface area contributed by atoms with Crippen molar-refractivity contribution in [1.82, 2.24) is 15.5 Å². The maximum absolute atomic E-state index is 13.8. The number of sulfone groups is 1. The highest BCUT2D eigenvalue weighted by Gasteiger charge is 2.37. The lowest BCUT2D eigenvalue weighted by molar-refractivity contribution is 0.0204. The van der Waals surface area contributed by atoms with Crippen molar-refractivity contribution in [2.45, 2.75) is 69.1 Å². The summed E-state index contributed by atoms with van der Waals surface area (Å²) < 4.78 is 32.9. The molecule has 2 fully saturated rings. The van der Waals surface area contributed by atoms with Gasteiger partial charge in [0.05, 0.1) is 5.75 Å². The minimum absolute atomic E-state index is 0.0231. The molecule has 2 aliphatic heterocycles. The Morgan fingerprint density at radius 2 is 1.70 bits per heavy atom. The first-order valence-electron chi connectivity index (χ1n) is 14.0. The van der Waals surface area contributed by atoms with E-state index in [-0.39, 0.29) is 23.7 Å². The molecule has 2 amide bonds. The first-order chi connectivity index (χ1) is 18.9. The van der Waals surface area contributed by atoms with Gasteiger partial charge in [-0.05, 0) is 94.6 Å². The zero-order valence-electron chi connectivity index (χ0n) is 23.5. The number of hydrogen-bond acceptors (Lipinski definition) is 6. The van der Waals surface area contributed by atoms with E-state index in [1.54, 1.807) is 29.2 Å². The lowest BCUT2D eigenvalue weighted by Crippen LogP contribution is -2.49. The maximum atomic E-state index is 13.8. The summed E-state index contributed by atoms with van der Waals surface area (Å²) in [6.45, 7) is 7.94. The van der Waals surface area contributed by atoms with E-state index < -0.39 is 26.7 Å². The van der Waals surface area contributed by atoms with Crippen LogP contribution >= 0.6 is 11.6 Å². The summed E-state index contributed by atoms with van der Waals surface area (Å²) in [4.78, 5) is 28.0. The van der Waals surface area contributed by atoms with Crippen molar-refractivity contribution >= 4 is 33.4 Å². The largest absolute Gasteiger partial charge is 0.444 e. The highest BCUT2D eigenvalue weighted by molar-refractivity contribution is 7.91. The van der Waals surface area contributed by atoms with Gasteiger partial charge >= 0.3 is 6.09 Å². The Balaban J connectivity index is 1.54. The van der Waals surface area contributed by atoms with Gasteiger partial charge in [-0.3, -0.25) is 4.79 Å². The summed E-state index contributed by atoms with van der Waals surface area (Å²) >= 11 is 6.33. The van der Waals surface area contributed by atoms with Gasteiger partial charge < -0.3 is 20.3 Å². The van der Waals surface area contributed by atoms with Gasteiger partial charge in [0.25, 0.3) is 5.91 Å². The van der Waals surface area contributed by atoms with Crippen LogP contribution in [0, 0.1) is 5.92 Å². The Morgan fingerprint density at radius 1 is 1.05 bits per heavy atom. The summed E-state index contributed by atoms with van der Waals surface area (Å²) in [5.74, 6) is -0.755. The number of rotatable bonds is 7. The number of carbonyl (C=O) groups excluding carboxylic acids is 2. The average molecular weight is 590 g/mol. The van der Waals surface area contributed by atoms with Crippen LogP contribution in [0.5, 0.6) is 0 Å². The van der Waals surface area contributed by atoms with Crippen LogP contribution in [0.1, 0.15) is 73.9 Å². The second-order valence-electron chi connectivity index (χ2n) is 11.7. The molecule has 1 unspecified atom stereocenters. The fraction of sp³-hybridized carbons (Fsp3) is 0.533. The quantitative estimate of drug-likeness (QED) is 0.464. The number of likely N-dealkylation sites (tertiary alicyclic amines) is 1. The van der Waals surface area contributed by atoms with E-state index in [2.05, 4.69) is 10.6 Å². The molecular formula is C30H40ClN3O5S. The highest BCUT2D eigenvalue weighted by Crippen LogP contribution is 2.33. The van der Waals surface area contributed by atoms with Crippen LogP contribution in [0.15, 0.2) is 48.5 Å². The van der Waals surface area contributed by atoms with Crippen molar-refractivity contribution < 1.29 is 22.7 Å². The van der Waals surface area contributed by atoms with Crippen LogP contribution in [0.3, 0.4) is 0 Å². The van der Waals surface area contributed by atoms with E-state index in [0.717, 1.165) is 5.56 Å². The van der Waals surface area contributed by atoms with Crippen molar-refractivity contribution in [2.75, 3.05) is 26.2 Å². The first-order valence-corrected chi connectivity index (χ1v) is 16.1. The molecule has 0 spiro atoms. The van der Waals surface area contributed by atoms with Crippen LogP contribution in [0.25, 0.3) is 0 Å². The van der Waals surface area contributed by atoms with Crippen molar-refractivity contribution in [3.63, 3.8) is 0 Å². The van der Waals surface area contributed by atoms with E-state index in [4.69, 9.17) is 16.3 Å². The lowest BCUT2D eigenvalue weighted by atomic mass is 9.86. The third-order valence-corrected chi connectivity index (χ3v) is 9.78. The van der Waals surface area contributed by atoms with Crippen molar-refractivity contribution in [3.05, 3.63) is 70.2 Å². The van der Waals surface area contributed by atoms with E-state index in [1.165, 1.54) is 0 Å². The zero-order chi connectivity index (χ0) is 28.9. The molecule has 8 nitrogen and oxygen atoms in total. The monoisotopic (exact) mass is 589 g/mol. The third kappa shape index (κ3) is 7.98. The summed E-state index contributed by atoms with van der Waals surface area (Å²) in [6, 6.07) is 14.3. The second-order valence-corrected chi connectivity index (χ2v) is 14.3. The van der Waals surface area contributed by atoms with Gasteiger partial charge in [-0.1, -0.05) is 48.0 Å². The van der Waals surface area contributed by atoms with Crippen LogP contribution in [0.2, 0.25) is 5.02 Å². The van der Waals surface area contributed by atoms with Crippen LogP contribution in [-0.4, -0.2) is 62.5 Å². The zero-order valence-corrected chi connectivity index (χ0v) is 25.1. The summed E-state index contributed by atoms with van der Waals surface area (Å²) in [5.41, 5.74) is 1.32. The topological polar surface area (TPSA) is 105 Å². The van der Waals surface area contributed by atoms with Gasteiger partial charge in [-0.15, -0.1) is 0 Å². The third-order valence-electron chi connectivity index (χ3n) is 7.53. The number of amides is 2. The van der Waals surface area contributed by atoms with Crippen molar-refractivity contribution in [2.24, 2.45) is 5.92 Å².